The highest BCUT2D eigenvalue weighted by atomic mass is 19.1. The molecular weight excluding hydrogens is 347 g/mol. The highest BCUT2D eigenvalue weighted by Crippen LogP contribution is 2.70. The Labute approximate surface area is 159 Å². The highest BCUT2D eigenvalue weighted by molar-refractivity contribution is 6.03. The van der Waals surface area contributed by atoms with Gasteiger partial charge in [0.2, 0.25) is 11.5 Å². The molecule has 0 saturated heterocycles. The Bertz CT molecular complexity index is 798. The molecule has 0 spiro atoms. The lowest BCUT2D eigenvalue weighted by atomic mass is 9.43. The Balaban J connectivity index is 1.83. The fourth-order valence-electron chi connectivity index (χ4n) is 7.30. The predicted octanol–water partition coefficient (Wildman–Crippen LogP) is 4.61. The van der Waals surface area contributed by atoms with E-state index in [1.165, 1.54) is 6.08 Å². The van der Waals surface area contributed by atoms with Gasteiger partial charge in [-0.25, -0.2) is 4.39 Å². The number of rotatable bonds is 1. The van der Waals surface area contributed by atoms with Crippen molar-refractivity contribution < 1.29 is 24.2 Å². The predicted molar refractivity (Wildman–Crippen MR) is 98.8 cm³/mol. The Hall–Kier alpha value is -1.65. The molecule has 0 bridgehead atoms. The van der Waals surface area contributed by atoms with Crippen molar-refractivity contribution in [3.63, 3.8) is 0 Å². The van der Waals surface area contributed by atoms with E-state index >= 15 is 4.39 Å². The van der Waals surface area contributed by atoms with Gasteiger partial charge in [-0.3, -0.25) is 9.59 Å². The SMILES string of the molecule is CC(=O)[C@H]1CC[C@H]2[C@@H]3C[C@H](C)C4=CC(O)=C(O)C(=O)[C@]4(C)[C@@]3(F)CC[C@]12C. The molecule has 0 aromatic carbocycles. The molecular formula is C22H29FO4. The summed E-state index contributed by atoms with van der Waals surface area (Å²) in [6, 6.07) is 0. The average molecular weight is 376 g/mol. The Morgan fingerprint density at radius 1 is 1.19 bits per heavy atom. The van der Waals surface area contributed by atoms with Gasteiger partial charge < -0.3 is 10.2 Å². The van der Waals surface area contributed by atoms with Crippen LogP contribution < -0.4 is 0 Å². The number of hydrogen-bond acceptors (Lipinski definition) is 4. The summed E-state index contributed by atoms with van der Waals surface area (Å²) in [4.78, 5) is 25.2. The summed E-state index contributed by atoms with van der Waals surface area (Å²) in [6.07, 6.45) is 4.37. The molecule has 3 fully saturated rings. The number of fused-ring (bicyclic) bond motifs is 5. The van der Waals surface area contributed by atoms with Crippen molar-refractivity contribution in [3.05, 3.63) is 23.2 Å². The molecule has 148 valence electrons. The summed E-state index contributed by atoms with van der Waals surface area (Å²) in [5, 5.41) is 20.1. The van der Waals surface area contributed by atoms with Gasteiger partial charge in [0.05, 0.1) is 5.41 Å². The van der Waals surface area contributed by atoms with E-state index in [1.54, 1.807) is 13.8 Å². The van der Waals surface area contributed by atoms with Crippen molar-refractivity contribution in [1.82, 2.24) is 0 Å². The summed E-state index contributed by atoms with van der Waals surface area (Å²) in [5.41, 5.74) is -2.86. The highest BCUT2D eigenvalue weighted by Gasteiger charge is 2.71. The van der Waals surface area contributed by atoms with Crippen molar-refractivity contribution in [2.45, 2.75) is 65.5 Å². The van der Waals surface area contributed by atoms with E-state index in [4.69, 9.17) is 0 Å². The standard InChI is InChI=1S/C22H29FO4/c1-11-9-16-14-6-5-13(12(2)24)20(14,3)7-8-22(16,23)21(4)15(11)10-17(25)18(26)19(21)27/h10-11,13-14,16,25-26H,5-9H2,1-4H3/t11-,13+,14-,16-,20+,21+,22+/m0/s1. The fourth-order valence-corrected chi connectivity index (χ4v) is 7.30. The third kappa shape index (κ3) is 2.03. The van der Waals surface area contributed by atoms with E-state index in [0.29, 0.717) is 18.4 Å². The molecule has 4 nitrogen and oxygen atoms in total. The van der Waals surface area contributed by atoms with Crippen molar-refractivity contribution >= 4 is 11.6 Å². The minimum atomic E-state index is -1.77. The van der Waals surface area contributed by atoms with Crippen LogP contribution in [0.2, 0.25) is 0 Å². The molecule has 4 aliphatic rings. The number of Topliss-reactive ketones (excluding diaryl/α,β-unsaturated/α-hetero) is 2. The van der Waals surface area contributed by atoms with Crippen LogP contribution in [0.4, 0.5) is 4.39 Å². The van der Waals surface area contributed by atoms with Crippen LogP contribution >= 0.6 is 0 Å². The van der Waals surface area contributed by atoms with Crippen molar-refractivity contribution in [3.8, 4) is 0 Å². The molecule has 27 heavy (non-hydrogen) atoms. The minimum Gasteiger partial charge on any atom is -0.504 e. The zero-order valence-corrected chi connectivity index (χ0v) is 16.5. The first kappa shape index (κ1) is 18.7. The largest absolute Gasteiger partial charge is 0.504 e. The van der Waals surface area contributed by atoms with Crippen LogP contribution in [0.1, 0.15) is 59.8 Å². The molecule has 0 aromatic rings. The minimum absolute atomic E-state index is 0.0356. The van der Waals surface area contributed by atoms with Gasteiger partial charge in [0.1, 0.15) is 11.5 Å². The molecule has 0 unspecified atom stereocenters. The van der Waals surface area contributed by atoms with E-state index in [9.17, 15) is 19.8 Å². The maximum Gasteiger partial charge on any atom is 0.214 e. The van der Waals surface area contributed by atoms with Crippen molar-refractivity contribution in [2.75, 3.05) is 0 Å². The fraction of sp³-hybridized carbons (Fsp3) is 0.727. The van der Waals surface area contributed by atoms with Gasteiger partial charge in [0.15, 0.2) is 5.76 Å². The molecule has 0 heterocycles. The third-order valence-corrected chi connectivity index (χ3v) is 8.75. The van der Waals surface area contributed by atoms with Crippen LogP contribution in [0.3, 0.4) is 0 Å². The van der Waals surface area contributed by atoms with E-state index in [2.05, 4.69) is 6.92 Å². The van der Waals surface area contributed by atoms with Crippen LogP contribution in [-0.2, 0) is 9.59 Å². The molecule has 0 aliphatic heterocycles. The zero-order valence-electron chi connectivity index (χ0n) is 16.5. The van der Waals surface area contributed by atoms with Crippen molar-refractivity contribution in [2.24, 2.45) is 34.5 Å². The number of aliphatic hydroxyl groups excluding tert-OH is 2. The number of carbonyl (C=O) groups excluding carboxylic acids is 2. The van der Waals surface area contributed by atoms with E-state index in [0.717, 1.165) is 12.8 Å². The topological polar surface area (TPSA) is 74.6 Å². The number of halogens is 1. The van der Waals surface area contributed by atoms with E-state index < -0.39 is 28.4 Å². The summed E-state index contributed by atoms with van der Waals surface area (Å²) >= 11 is 0. The molecule has 5 heteroatoms. The number of hydrogen-bond donors (Lipinski definition) is 2. The van der Waals surface area contributed by atoms with Gasteiger partial charge in [-0.15, -0.1) is 0 Å². The van der Waals surface area contributed by atoms with Gasteiger partial charge in [-0.05, 0) is 80.8 Å². The van der Waals surface area contributed by atoms with Gasteiger partial charge in [0, 0.05) is 5.92 Å². The first-order chi connectivity index (χ1) is 12.5. The van der Waals surface area contributed by atoms with E-state index in [1.807, 2.05) is 6.92 Å². The first-order valence-electron chi connectivity index (χ1n) is 10.1. The third-order valence-electron chi connectivity index (χ3n) is 8.75. The Morgan fingerprint density at radius 3 is 2.48 bits per heavy atom. The van der Waals surface area contributed by atoms with Crippen LogP contribution in [0, 0.1) is 34.5 Å². The van der Waals surface area contributed by atoms with E-state index in [-0.39, 0.29) is 41.3 Å². The lowest BCUT2D eigenvalue weighted by Crippen LogP contribution is -2.64. The van der Waals surface area contributed by atoms with Crippen LogP contribution in [-0.4, -0.2) is 27.4 Å². The van der Waals surface area contributed by atoms with Crippen LogP contribution in [0.25, 0.3) is 0 Å². The maximum absolute atomic E-state index is 16.8. The number of aliphatic hydroxyl groups is 2. The van der Waals surface area contributed by atoms with Gasteiger partial charge >= 0.3 is 0 Å². The summed E-state index contributed by atoms with van der Waals surface area (Å²) < 4.78 is 16.8. The average Bonchev–Trinajstić information content (AvgIpc) is 2.95. The number of carbonyl (C=O) groups is 2. The second-order valence-electron chi connectivity index (χ2n) is 9.75. The molecule has 2 N–H and O–H groups in total. The van der Waals surface area contributed by atoms with Gasteiger partial charge in [0.25, 0.3) is 0 Å². The number of allylic oxidation sites excluding steroid dienone is 3. The molecule has 0 aromatic heterocycles. The number of ketones is 2. The lowest BCUT2D eigenvalue weighted by Gasteiger charge is -2.61. The van der Waals surface area contributed by atoms with Crippen LogP contribution in [0.15, 0.2) is 23.2 Å². The molecule has 4 aliphatic carbocycles. The molecule has 7 atom stereocenters. The summed E-state index contributed by atoms with van der Waals surface area (Å²) in [7, 11) is 0. The molecule has 0 radical (unpaired) electrons. The molecule has 3 saturated carbocycles. The smallest absolute Gasteiger partial charge is 0.214 e. The number of alkyl halides is 1. The second kappa shape index (κ2) is 5.45. The Morgan fingerprint density at radius 2 is 1.85 bits per heavy atom. The summed E-state index contributed by atoms with van der Waals surface area (Å²) in [6.45, 7) is 7.33. The molecule has 0 amide bonds. The zero-order chi connectivity index (χ0) is 19.9. The van der Waals surface area contributed by atoms with Gasteiger partial charge in [-0.1, -0.05) is 13.8 Å². The second-order valence-corrected chi connectivity index (χ2v) is 9.75. The van der Waals surface area contributed by atoms with Gasteiger partial charge in [-0.2, -0.15) is 0 Å². The molecule has 4 rings (SSSR count). The quantitative estimate of drug-likeness (QED) is 0.701. The van der Waals surface area contributed by atoms with Crippen molar-refractivity contribution in [1.29, 1.82) is 0 Å². The summed E-state index contributed by atoms with van der Waals surface area (Å²) in [5.74, 6) is -2.09. The normalized spacial score (nSPS) is 49.2. The lowest BCUT2D eigenvalue weighted by molar-refractivity contribution is -0.167. The first-order valence-corrected chi connectivity index (χ1v) is 10.1. The van der Waals surface area contributed by atoms with Crippen LogP contribution in [0.5, 0.6) is 0 Å². The monoisotopic (exact) mass is 376 g/mol. The maximum atomic E-state index is 16.8. The Kier molecular flexibility index (Phi) is 3.78.